The number of H-pyrrole nitrogens is 1. The lowest BCUT2D eigenvalue weighted by molar-refractivity contribution is -0.116. The average Bonchev–Trinajstić information content (AvgIpc) is 2.68. The van der Waals surface area contributed by atoms with Crippen LogP contribution in [0.4, 0.5) is 11.5 Å². The molecule has 1 aromatic carbocycles. The van der Waals surface area contributed by atoms with Crippen molar-refractivity contribution >= 4 is 29.2 Å². The molecular formula is C21H30N4O3S. The van der Waals surface area contributed by atoms with Crippen LogP contribution in [0.2, 0.25) is 0 Å². The molecule has 2 rings (SSSR count). The van der Waals surface area contributed by atoms with Crippen molar-refractivity contribution in [2.24, 2.45) is 0 Å². The lowest BCUT2D eigenvalue weighted by Crippen LogP contribution is -2.42. The van der Waals surface area contributed by atoms with E-state index in [4.69, 9.17) is 5.73 Å². The second kappa shape index (κ2) is 10.3. The number of rotatable bonds is 9. The van der Waals surface area contributed by atoms with E-state index in [1.807, 2.05) is 45.9 Å². The van der Waals surface area contributed by atoms with Gasteiger partial charge in [0.05, 0.1) is 5.75 Å². The van der Waals surface area contributed by atoms with Gasteiger partial charge in [0.2, 0.25) is 5.91 Å². The van der Waals surface area contributed by atoms with E-state index in [0.29, 0.717) is 19.5 Å². The summed E-state index contributed by atoms with van der Waals surface area (Å²) in [5, 5.41) is 0. The van der Waals surface area contributed by atoms with Crippen LogP contribution < -0.4 is 21.9 Å². The second-order valence-corrected chi connectivity index (χ2v) is 8.13. The Bertz CT molecular complexity index is 981. The number of amides is 1. The molecule has 158 valence electrons. The molecular weight excluding hydrogens is 388 g/mol. The summed E-state index contributed by atoms with van der Waals surface area (Å²) < 4.78 is 1.32. The largest absolute Gasteiger partial charge is 0.383 e. The normalized spacial score (nSPS) is 10.9. The van der Waals surface area contributed by atoms with Crippen molar-refractivity contribution in [1.82, 2.24) is 9.55 Å². The van der Waals surface area contributed by atoms with Gasteiger partial charge in [-0.05, 0) is 49.9 Å². The summed E-state index contributed by atoms with van der Waals surface area (Å²) in [5.74, 6) is 0.0136. The van der Waals surface area contributed by atoms with E-state index in [1.165, 1.54) is 26.8 Å². The Balaban J connectivity index is 2.34. The first kappa shape index (κ1) is 22.8. The minimum Gasteiger partial charge on any atom is -0.383 e. The molecule has 7 nitrogen and oxygen atoms in total. The Morgan fingerprint density at radius 1 is 1.17 bits per heavy atom. The van der Waals surface area contributed by atoms with Crippen LogP contribution >= 0.6 is 11.8 Å². The summed E-state index contributed by atoms with van der Waals surface area (Å²) in [6.45, 7) is 8.75. The topological polar surface area (TPSA) is 101 Å². The fraction of sp³-hybridized carbons (Fsp3) is 0.476. The molecule has 0 aliphatic rings. The minimum absolute atomic E-state index is 0.0428. The zero-order valence-corrected chi connectivity index (χ0v) is 18.4. The quantitative estimate of drug-likeness (QED) is 0.610. The maximum atomic E-state index is 13.0. The van der Waals surface area contributed by atoms with E-state index in [-0.39, 0.29) is 23.2 Å². The summed E-state index contributed by atoms with van der Waals surface area (Å²) in [6.07, 6.45) is 2.27. The molecule has 8 heteroatoms. The van der Waals surface area contributed by atoms with Crippen LogP contribution in [0.3, 0.4) is 0 Å². The lowest BCUT2D eigenvalue weighted by Gasteiger charge is -2.24. The number of anilines is 2. The van der Waals surface area contributed by atoms with Gasteiger partial charge in [0, 0.05) is 18.0 Å². The van der Waals surface area contributed by atoms with Gasteiger partial charge in [0.25, 0.3) is 5.56 Å². The molecule has 0 atom stereocenters. The standard InChI is InChI=1S/C21H30N4O3S/c1-5-7-11-24(17(26)13-29-16-9-8-14(3)15(4)12-16)18-19(22)25(10-6-2)21(28)23-20(18)27/h8-9,12H,5-7,10-11,13,22H2,1-4H3,(H,23,27,28). The molecule has 0 spiro atoms. The van der Waals surface area contributed by atoms with Gasteiger partial charge in [-0.15, -0.1) is 11.8 Å². The van der Waals surface area contributed by atoms with Crippen LogP contribution in [0.15, 0.2) is 32.7 Å². The number of benzene rings is 1. The van der Waals surface area contributed by atoms with Gasteiger partial charge in [0.1, 0.15) is 5.82 Å². The Morgan fingerprint density at radius 3 is 2.52 bits per heavy atom. The Morgan fingerprint density at radius 2 is 1.90 bits per heavy atom. The number of carbonyl (C=O) groups excluding carboxylic acids is 1. The van der Waals surface area contributed by atoms with Crippen LogP contribution in [0, 0.1) is 13.8 Å². The molecule has 0 radical (unpaired) electrons. The van der Waals surface area contributed by atoms with Gasteiger partial charge in [-0.2, -0.15) is 0 Å². The number of carbonyl (C=O) groups is 1. The van der Waals surface area contributed by atoms with Crippen LogP contribution in [-0.2, 0) is 11.3 Å². The van der Waals surface area contributed by atoms with E-state index in [2.05, 4.69) is 4.98 Å². The van der Waals surface area contributed by atoms with Gasteiger partial charge >= 0.3 is 5.69 Å². The predicted octanol–water partition coefficient (Wildman–Crippen LogP) is 3.07. The number of aromatic nitrogens is 2. The van der Waals surface area contributed by atoms with Crippen molar-refractivity contribution in [3.63, 3.8) is 0 Å². The molecule has 0 aliphatic carbocycles. The fourth-order valence-electron chi connectivity index (χ4n) is 2.99. The van der Waals surface area contributed by atoms with E-state index >= 15 is 0 Å². The highest BCUT2D eigenvalue weighted by Gasteiger charge is 2.23. The maximum Gasteiger partial charge on any atom is 0.330 e. The van der Waals surface area contributed by atoms with E-state index in [0.717, 1.165) is 23.3 Å². The van der Waals surface area contributed by atoms with Gasteiger partial charge in [-0.1, -0.05) is 26.3 Å². The van der Waals surface area contributed by atoms with Crippen molar-refractivity contribution in [1.29, 1.82) is 0 Å². The second-order valence-electron chi connectivity index (χ2n) is 7.08. The van der Waals surface area contributed by atoms with Crippen LogP contribution in [-0.4, -0.2) is 27.8 Å². The highest BCUT2D eigenvalue weighted by atomic mass is 32.2. The molecule has 2 aromatic rings. The molecule has 29 heavy (non-hydrogen) atoms. The molecule has 0 bridgehead atoms. The van der Waals surface area contributed by atoms with Crippen molar-refractivity contribution in [3.05, 3.63) is 50.2 Å². The summed E-state index contributed by atoms with van der Waals surface area (Å²) in [4.78, 5) is 42.4. The SMILES string of the molecule is CCCCN(C(=O)CSc1ccc(C)c(C)c1)c1c(N)n(CCC)c(=O)[nH]c1=O. The van der Waals surface area contributed by atoms with Crippen LogP contribution in [0.25, 0.3) is 0 Å². The van der Waals surface area contributed by atoms with Crippen LogP contribution in [0.1, 0.15) is 44.2 Å². The highest BCUT2D eigenvalue weighted by Crippen LogP contribution is 2.24. The smallest absolute Gasteiger partial charge is 0.330 e. The highest BCUT2D eigenvalue weighted by molar-refractivity contribution is 8.00. The van der Waals surface area contributed by atoms with Gasteiger partial charge in [-0.3, -0.25) is 19.1 Å². The first-order valence-corrected chi connectivity index (χ1v) is 10.9. The molecule has 0 aliphatic heterocycles. The number of hydrogen-bond acceptors (Lipinski definition) is 5. The van der Waals surface area contributed by atoms with E-state index < -0.39 is 11.2 Å². The minimum atomic E-state index is -0.625. The molecule has 0 unspecified atom stereocenters. The van der Waals surface area contributed by atoms with Gasteiger partial charge < -0.3 is 10.6 Å². The van der Waals surface area contributed by atoms with Crippen molar-refractivity contribution in [2.75, 3.05) is 22.9 Å². The van der Waals surface area contributed by atoms with Gasteiger partial charge in [0.15, 0.2) is 5.69 Å². The number of nitrogen functional groups attached to an aromatic ring is 1. The third kappa shape index (κ3) is 5.53. The zero-order chi connectivity index (χ0) is 21.6. The summed E-state index contributed by atoms with van der Waals surface area (Å²) in [7, 11) is 0. The van der Waals surface area contributed by atoms with E-state index in [1.54, 1.807) is 0 Å². The van der Waals surface area contributed by atoms with Crippen molar-refractivity contribution in [3.8, 4) is 0 Å². The number of nitrogens with zero attached hydrogens (tertiary/aromatic N) is 2. The predicted molar refractivity (Wildman–Crippen MR) is 120 cm³/mol. The summed E-state index contributed by atoms with van der Waals surface area (Å²) in [6, 6.07) is 6.06. The maximum absolute atomic E-state index is 13.0. The molecule has 1 aromatic heterocycles. The van der Waals surface area contributed by atoms with E-state index in [9.17, 15) is 14.4 Å². The molecule has 1 heterocycles. The number of aromatic amines is 1. The van der Waals surface area contributed by atoms with Crippen molar-refractivity contribution < 1.29 is 4.79 Å². The molecule has 0 saturated heterocycles. The van der Waals surface area contributed by atoms with Crippen molar-refractivity contribution in [2.45, 2.75) is 58.4 Å². The zero-order valence-electron chi connectivity index (χ0n) is 17.6. The first-order valence-electron chi connectivity index (χ1n) is 9.93. The molecule has 0 saturated carbocycles. The monoisotopic (exact) mass is 418 g/mol. The summed E-state index contributed by atoms with van der Waals surface area (Å²) >= 11 is 1.42. The molecule has 1 amide bonds. The Kier molecular flexibility index (Phi) is 8.13. The number of aryl methyl sites for hydroxylation is 2. The van der Waals surface area contributed by atoms with Crippen LogP contribution in [0.5, 0.6) is 0 Å². The number of nitrogens with two attached hydrogens (primary N) is 1. The summed E-state index contributed by atoms with van der Waals surface area (Å²) in [5.41, 5.74) is 7.42. The molecule has 0 fully saturated rings. The Labute approximate surface area is 175 Å². The number of unbranched alkanes of at least 4 members (excludes halogenated alkanes) is 1. The average molecular weight is 419 g/mol. The number of nitrogens with one attached hydrogen (secondary N) is 1. The fourth-order valence-corrected chi connectivity index (χ4v) is 3.86. The third-order valence-corrected chi connectivity index (χ3v) is 5.79. The first-order chi connectivity index (χ1) is 13.8. The third-order valence-electron chi connectivity index (χ3n) is 4.81. The lowest BCUT2D eigenvalue weighted by atomic mass is 10.1. The number of hydrogen-bond donors (Lipinski definition) is 2. The Hall–Kier alpha value is -2.48. The number of thioether (sulfide) groups is 1. The molecule has 3 N–H and O–H groups in total. The van der Waals surface area contributed by atoms with Gasteiger partial charge in [-0.25, -0.2) is 4.79 Å².